The zero-order valence-corrected chi connectivity index (χ0v) is 15.9. The van der Waals surface area contributed by atoms with Crippen LogP contribution in [0.1, 0.15) is 11.1 Å². The molecule has 2 aromatic rings. The van der Waals surface area contributed by atoms with E-state index in [4.69, 9.17) is 4.99 Å². The zero-order valence-electron chi connectivity index (χ0n) is 14.3. The van der Waals surface area contributed by atoms with E-state index in [2.05, 4.69) is 4.90 Å². The molecule has 0 aromatic heterocycles. The summed E-state index contributed by atoms with van der Waals surface area (Å²) in [6.07, 6.45) is 0. The lowest BCUT2D eigenvalue weighted by atomic mass is 10.1. The first-order valence-corrected chi connectivity index (χ1v) is 11.2. The number of hydrogen-bond donors (Lipinski definition) is 0. The standard InChI is InChI=1S/C19H19FN2O2S2/c1-13-2-8-16(9-3-13)22-18-12-26(23,24)11-17(18)21-19(22)25-10-14-4-6-15(20)7-5-14/h2-9,17-18H,10-12H2,1H3/t17-,18+/m1/s1. The molecular formula is C19H19FN2O2S2. The molecule has 26 heavy (non-hydrogen) atoms. The Kier molecular flexibility index (Phi) is 4.52. The Balaban J connectivity index is 1.60. The fourth-order valence-electron chi connectivity index (χ4n) is 3.37. The minimum absolute atomic E-state index is 0.112. The third-order valence-corrected chi connectivity index (χ3v) is 7.44. The van der Waals surface area contributed by atoms with Gasteiger partial charge in [0.1, 0.15) is 5.82 Å². The molecule has 0 bridgehead atoms. The van der Waals surface area contributed by atoms with Crippen LogP contribution in [0.25, 0.3) is 0 Å². The van der Waals surface area contributed by atoms with Crippen LogP contribution in [0.15, 0.2) is 53.5 Å². The molecule has 0 unspecified atom stereocenters. The molecule has 2 atom stereocenters. The second-order valence-corrected chi connectivity index (χ2v) is 9.84. The second kappa shape index (κ2) is 6.70. The molecule has 4 nitrogen and oxygen atoms in total. The predicted octanol–water partition coefficient (Wildman–Crippen LogP) is 3.41. The number of nitrogens with zero attached hydrogens (tertiary/aromatic N) is 2. The number of amidine groups is 1. The van der Waals surface area contributed by atoms with E-state index in [0.29, 0.717) is 5.75 Å². The number of benzene rings is 2. The largest absolute Gasteiger partial charge is 0.315 e. The average Bonchev–Trinajstić information content (AvgIpc) is 3.06. The number of hydrogen-bond acceptors (Lipinski definition) is 5. The summed E-state index contributed by atoms with van der Waals surface area (Å²) >= 11 is 1.57. The van der Waals surface area contributed by atoms with Crippen molar-refractivity contribution in [3.8, 4) is 0 Å². The van der Waals surface area contributed by atoms with Crippen molar-refractivity contribution in [2.75, 3.05) is 16.4 Å². The first-order valence-electron chi connectivity index (χ1n) is 8.43. The van der Waals surface area contributed by atoms with Crippen LogP contribution < -0.4 is 4.90 Å². The van der Waals surface area contributed by atoms with Crippen LogP contribution in [0.5, 0.6) is 0 Å². The molecule has 1 fully saturated rings. The topological polar surface area (TPSA) is 49.7 Å². The third kappa shape index (κ3) is 3.50. The fraction of sp³-hybridized carbons (Fsp3) is 0.316. The van der Waals surface area contributed by atoms with E-state index in [1.165, 1.54) is 12.1 Å². The van der Waals surface area contributed by atoms with Gasteiger partial charge >= 0.3 is 0 Å². The molecule has 0 spiro atoms. The van der Waals surface area contributed by atoms with E-state index in [1.54, 1.807) is 23.9 Å². The molecule has 0 amide bonds. The van der Waals surface area contributed by atoms with Gasteiger partial charge in [0.05, 0.1) is 23.6 Å². The SMILES string of the molecule is Cc1ccc(N2C(SCc3ccc(F)cc3)=N[C@@H]3CS(=O)(=O)C[C@@H]32)cc1. The van der Waals surface area contributed by atoms with Gasteiger partial charge in [0, 0.05) is 11.4 Å². The van der Waals surface area contributed by atoms with Crippen LogP contribution in [-0.4, -0.2) is 37.2 Å². The lowest BCUT2D eigenvalue weighted by molar-refractivity contribution is 0.601. The van der Waals surface area contributed by atoms with Crippen molar-refractivity contribution in [3.05, 3.63) is 65.5 Å². The normalized spacial score (nSPS) is 23.8. The molecule has 2 aliphatic rings. The summed E-state index contributed by atoms with van der Waals surface area (Å²) in [5.41, 5.74) is 3.12. The summed E-state index contributed by atoms with van der Waals surface area (Å²) < 4.78 is 37.2. The summed E-state index contributed by atoms with van der Waals surface area (Å²) in [5, 5.41) is 0.836. The fourth-order valence-corrected chi connectivity index (χ4v) is 6.29. The number of anilines is 1. The third-order valence-electron chi connectivity index (χ3n) is 4.70. The van der Waals surface area contributed by atoms with Gasteiger partial charge in [0.15, 0.2) is 15.0 Å². The Bertz CT molecular complexity index is 941. The van der Waals surface area contributed by atoms with Crippen molar-refractivity contribution in [1.29, 1.82) is 0 Å². The molecule has 1 saturated heterocycles. The van der Waals surface area contributed by atoms with Gasteiger partial charge in [-0.25, -0.2) is 12.8 Å². The van der Waals surface area contributed by atoms with E-state index in [9.17, 15) is 12.8 Å². The Morgan fingerprint density at radius 1 is 1.12 bits per heavy atom. The molecule has 0 N–H and O–H groups in total. The molecule has 2 aliphatic heterocycles. The number of aryl methyl sites for hydroxylation is 1. The second-order valence-electron chi connectivity index (χ2n) is 6.74. The lowest BCUT2D eigenvalue weighted by Crippen LogP contribution is -2.39. The summed E-state index contributed by atoms with van der Waals surface area (Å²) in [4.78, 5) is 6.77. The van der Waals surface area contributed by atoms with Crippen LogP contribution in [0.3, 0.4) is 0 Å². The highest BCUT2D eigenvalue weighted by molar-refractivity contribution is 8.13. The molecule has 2 heterocycles. The van der Waals surface area contributed by atoms with Crippen molar-refractivity contribution in [3.63, 3.8) is 0 Å². The number of thioether (sulfide) groups is 1. The minimum atomic E-state index is -3.05. The van der Waals surface area contributed by atoms with Crippen LogP contribution in [-0.2, 0) is 15.6 Å². The number of sulfone groups is 1. The van der Waals surface area contributed by atoms with Crippen molar-refractivity contribution in [1.82, 2.24) is 0 Å². The van der Waals surface area contributed by atoms with E-state index in [-0.39, 0.29) is 29.4 Å². The van der Waals surface area contributed by atoms with Crippen LogP contribution in [0, 0.1) is 12.7 Å². The Hall–Kier alpha value is -1.86. The molecular weight excluding hydrogens is 371 g/mol. The number of fused-ring (bicyclic) bond motifs is 1. The summed E-state index contributed by atoms with van der Waals surface area (Å²) in [6, 6.07) is 14.1. The molecule has 0 aliphatic carbocycles. The predicted molar refractivity (Wildman–Crippen MR) is 105 cm³/mol. The maximum Gasteiger partial charge on any atom is 0.164 e. The Labute approximate surface area is 157 Å². The molecule has 2 aromatic carbocycles. The van der Waals surface area contributed by atoms with Crippen LogP contribution in [0.2, 0.25) is 0 Å². The first-order chi connectivity index (χ1) is 12.4. The first kappa shape index (κ1) is 17.5. The molecule has 7 heteroatoms. The monoisotopic (exact) mass is 390 g/mol. The summed E-state index contributed by atoms with van der Waals surface area (Å²) in [5.74, 6) is 0.655. The van der Waals surface area contributed by atoms with E-state index in [0.717, 1.165) is 22.0 Å². The van der Waals surface area contributed by atoms with Gasteiger partial charge in [-0.2, -0.15) is 0 Å². The quantitative estimate of drug-likeness (QED) is 0.806. The Morgan fingerprint density at radius 2 is 1.81 bits per heavy atom. The highest BCUT2D eigenvalue weighted by Gasteiger charge is 2.47. The lowest BCUT2D eigenvalue weighted by Gasteiger charge is -2.26. The smallest absolute Gasteiger partial charge is 0.164 e. The van der Waals surface area contributed by atoms with Crippen molar-refractivity contribution in [2.45, 2.75) is 24.8 Å². The molecule has 0 saturated carbocycles. The van der Waals surface area contributed by atoms with Gasteiger partial charge in [0.25, 0.3) is 0 Å². The van der Waals surface area contributed by atoms with Crippen molar-refractivity contribution >= 4 is 32.5 Å². The van der Waals surface area contributed by atoms with Crippen molar-refractivity contribution in [2.24, 2.45) is 4.99 Å². The number of aliphatic imine (C=N–C) groups is 1. The van der Waals surface area contributed by atoms with Crippen LogP contribution >= 0.6 is 11.8 Å². The van der Waals surface area contributed by atoms with Gasteiger partial charge in [-0.15, -0.1) is 0 Å². The molecule has 4 rings (SSSR count). The van der Waals surface area contributed by atoms with Gasteiger partial charge < -0.3 is 4.90 Å². The van der Waals surface area contributed by atoms with Crippen LogP contribution in [0.4, 0.5) is 10.1 Å². The Morgan fingerprint density at radius 3 is 2.50 bits per heavy atom. The highest BCUT2D eigenvalue weighted by atomic mass is 32.2. The van der Waals surface area contributed by atoms with Gasteiger partial charge in [-0.1, -0.05) is 41.6 Å². The van der Waals surface area contributed by atoms with Gasteiger partial charge in [-0.05, 0) is 36.8 Å². The zero-order chi connectivity index (χ0) is 18.3. The van der Waals surface area contributed by atoms with E-state index < -0.39 is 9.84 Å². The van der Waals surface area contributed by atoms with Gasteiger partial charge in [-0.3, -0.25) is 4.99 Å². The maximum atomic E-state index is 13.1. The number of rotatable bonds is 3. The average molecular weight is 391 g/mol. The van der Waals surface area contributed by atoms with Crippen molar-refractivity contribution < 1.29 is 12.8 Å². The molecule has 136 valence electrons. The van der Waals surface area contributed by atoms with Gasteiger partial charge in [0.2, 0.25) is 0 Å². The highest BCUT2D eigenvalue weighted by Crippen LogP contribution is 2.36. The molecule has 0 radical (unpaired) electrons. The van der Waals surface area contributed by atoms with E-state index >= 15 is 0 Å². The van der Waals surface area contributed by atoms with E-state index in [1.807, 2.05) is 31.2 Å². The number of halogens is 1. The summed E-state index contributed by atoms with van der Waals surface area (Å²) in [6.45, 7) is 2.02. The minimum Gasteiger partial charge on any atom is -0.315 e. The summed E-state index contributed by atoms with van der Waals surface area (Å²) in [7, 11) is -3.05. The maximum absolute atomic E-state index is 13.1.